The van der Waals surface area contributed by atoms with Gasteiger partial charge in [-0.05, 0) is 31.9 Å². The molecule has 1 unspecified atom stereocenters. The molecule has 0 bridgehead atoms. The van der Waals surface area contributed by atoms with Crippen molar-refractivity contribution in [2.24, 2.45) is 11.3 Å². The minimum atomic E-state index is -0.299. The number of rotatable bonds is 5. The van der Waals surface area contributed by atoms with Gasteiger partial charge in [-0.3, -0.25) is 9.78 Å². The first-order valence-corrected chi connectivity index (χ1v) is 6.93. The van der Waals surface area contributed by atoms with Crippen LogP contribution in [-0.2, 0) is 0 Å². The average molecular weight is 262 g/mol. The smallest absolute Gasteiger partial charge is 0.172 e. The van der Waals surface area contributed by atoms with E-state index in [1.807, 2.05) is 6.92 Å². The molecule has 1 N–H and O–H groups in total. The summed E-state index contributed by atoms with van der Waals surface area (Å²) in [5.41, 5.74) is 0.357. The van der Waals surface area contributed by atoms with Crippen LogP contribution in [0.1, 0.15) is 37.6 Å². The molecular weight excluding hydrogens is 240 g/mol. The molecule has 19 heavy (non-hydrogen) atoms. The summed E-state index contributed by atoms with van der Waals surface area (Å²) in [6.07, 6.45) is 4.19. The van der Waals surface area contributed by atoms with Crippen molar-refractivity contribution in [3.8, 4) is 5.75 Å². The van der Waals surface area contributed by atoms with Gasteiger partial charge in [-0.2, -0.15) is 0 Å². The van der Waals surface area contributed by atoms with Crippen LogP contribution >= 0.6 is 0 Å². The highest BCUT2D eigenvalue weighted by atomic mass is 16.5. The predicted octanol–water partition coefficient (Wildman–Crippen LogP) is 2.30. The molecule has 4 nitrogen and oxygen atoms in total. The van der Waals surface area contributed by atoms with Crippen molar-refractivity contribution in [1.82, 2.24) is 10.3 Å². The van der Waals surface area contributed by atoms with Gasteiger partial charge in [0.15, 0.2) is 5.78 Å². The number of pyridine rings is 1. The zero-order chi connectivity index (χ0) is 13.9. The first-order chi connectivity index (χ1) is 9.10. The monoisotopic (exact) mass is 262 g/mol. The summed E-state index contributed by atoms with van der Waals surface area (Å²) in [7, 11) is 0. The summed E-state index contributed by atoms with van der Waals surface area (Å²) in [6.45, 7) is 8.39. The fourth-order valence-electron chi connectivity index (χ4n) is 2.74. The fraction of sp³-hybridized carbons (Fsp3) is 0.600. The van der Waals surface area contributed by atoms with E-state index < -0.39 is 0 Å². The number of carbonyl (C=O) groups is 1. The number of hydrogen-bond donors (Lipinski definition) is 1. The van der Waals surface area contributed by atoms with E-state index in [0.717, 1.165) is 19.5 Å². The van der Waals surface area contributed by atoms with Crippen molar-refractivity contribution in [2.45, 2.75) is 27.2 Å². The average Bonchev–Trinajstić information content (AvgIpc) is 2.89. The highest BCUT2D eigenvalue weighted by Crippen LogP contribution is 2.37. The second kappa shape index (κ2) is 5.70. The number of ether oxygens (including phenoxy) is 1. The SMILES string of the molecule is CCOc1cncc(C(=O)C2(C(C)C)CCNC2)c1. The number of nitrogens with one attached hydrogen (secondary N) is 1. The molecular formula is C15H22N2O2. The van der Waals surface area contributed by atoms with Crippen molar-refractivity contribution >= 4 is 5.78 Å². The molecule has 1 aromatic rings. The summed E-state index contributed by atoms with van der Waals surface area (Å²) in [6, 6.07) is 1.81. The second-order valence-corrected chi connectivity index (χ2v) is 5.41. The van der Waals surface area contributed by atoms with Gasteiger partial charge in [-0.15, -0.1) is 0 Å². The Morgan fingerprint density at radius 2 is 2.32 bits per heavy atom. The number of aromatic nitrogens is 1. The van der Waals surface area contributed by atoms with Crippen LogP contribution in [0, 0.1) is 11.3 Å². The van der Waals surface area contributed by atoms with Crippen molar-refractivity contribution in [3.63, 3.8) is 0 Å². The Hall–Kier alpha value is -1.42. The summed E-state index contributed by atoms with van der Waals surface area (Å²) >= 11 is 0. The largest absolute Gasteiger partial charge is 0.492 e. The van der Waals surface area contributed by atoms with Crippen LogP contribution in [0.3, 0.4) is 0 Å². The van der Waals surface area contributed by atoms with E-state index in [1.165, 1.54) is 0 Å². The molecule has 1 aromatic heterocycles. The Kier molecular flexibility index (Phi) is 4.20. The summed E-state index contributed by atoms with van der Waals surface area (Å²) in [5, 5.41) is 3.31. The normalized spacial score (nSPS) is 22.7. The van der Waals surface area contributed by atoms with E-state index in [-0.39, 0.29) is 11.2 Å². The number of ketones is 1. The van der Waals surface area contributed by atoms with Crippen LogP contribution in [0.15, 0.2) is 18.5 Å². The summed E-state index contributed by atoms with van der Waals surface area (Å²) < 4.78 is 5.42. The maximum absolute atomic E-state index is 12.8. The molecule has 0 saturated carbocycles. The molecule has 1 fully saturated rings. The van der Waals surface area contributed by atoms with Gasteiger partial charge in [0.1, 0.15) is 5.75 Å². The molecule has 2 heterocycles. The maximum Gasteiger partial charge on any atom is 0.172 e. The zero-order valence-corrected chi connectivity index (χ0v) is 11.9. The van der Waals surface area contributed by atoms with Gasteiger partial charge in [-0.1, -0.05) is 13.8 Å². The Morgan fingerprint density at radius 3 is 2.89 bits per heavy atom. The Balaban J connectivity index is 2.29. The van der Waals surface area contributed by atoms with Crippen LogP contribution in [0.25, 0.3) is 0 Å². The van der Waals surface area contributed by atoms with Gasteiger partial charge in [-0.25, -0.2) is 0 Å². The van der Waals surface area contributed by atoms with Crippen LogP contribution in [-0.4, -0.2) is 30.5 Å². The lowest BCUT2D eigenvalue weighted by Gasteiger charge is -2.31. The van der Waals surface area contributed by atoms with E-state index in [0.29, 0.717) is 23.8 Å². The van der Waals surface area contributed by atoms with Gasteiger partial charge in [0, 0.05) is 23.7 Å². The van der Waals surface area contributed by atoms with Crippen LogP contribution in [0.5, 0.6) is 5.75 Å². The van der Waals surface area contributed by atoms with Gasteiger partial charge < -0.3 is 10.1 Å². The van der Waals surface area contributed by atoms with E-state index in [4.69, 9.17) is 4.74 Å². The lowest BCUT2D eigenvalue weighted by Crippen LogP contribution is -2.38. The molecule has 1 saturated heterocycles. The number of nitrogens with zero attached hydrogens (tertiary/aromatic N) is 1. The molecule has 0 aromatic carbocycles. The van der Waals surface area contributed by atoms with Crippen LogP contribution < -0.4 is 10.1 Å². The summed E-state index contributed by atoms with van der Waals surface area (Å²) in [4.78, 5) is 17.0. The maximum atomic E-state index is 12.8. The Morgan fingerprint density at radius 1 is 1.53 bits per heavy atom. The highest BCUT2D eigenvalue weighted by Gasteiger charge is 2.44. The van der Waals surface area contributed by atoms with Crippen molar-refractivity contribution in [3.05, 3.63) is 24.0 Å². The van der Waals surface area contributed by atoms with Gasteiger partial charge in [0.2, 0.25) is 0 Å². The molecule has 0 amide bonds. The zero-order valence-electron chi connectivity index (χ0n) is 11.9. The molecule has 1 aliphatic heterocycles. The molecule has 1 aliphatic rings. The second-order valence-electron chi connectivity index (χ2n) is 5.41. The molecule has 4 heteroatoms. The first-order valence-electron chi connectivity index (χ1n) is 6.93. The fourth-order valence-corrected chi connectivity index (χ4v) is 2.74. The number of carbonyl (C=O) groups excluding carboxylic acids is 1. The highest BCUT2D eigenvalue weighted by molar-refractivity contribution is 6.01. The number of Topliss-reactive ketones (excluding diaryl/α,β-unsaturated/α-hetero) is 1. The van der Waals surface area contributed by atoms with E-state index >= 15 is 0 Å². The minimum absolute atomic E-state index is 0.182. The standard InChI is InChI=1S/C15H22N2O2/c1-4-19-13-7-12(8-17-9-13)14(18)15(11(2)3)5-6-16-10-15/h7-9,11,16H,4-6,10H2,1-3H3. The molecule has 104 valence electrons. The van der Waals surface area contributed by atoms with Crippen molar-refractivity contribution in [2.75, 3.05) is 19.7 Å². The molecule has 0 aliphatic carbocycles. The molecule has 1 atom stereocenters. The molecule has 0 spiro atoms. The predicted molar refractivity (Wildman–Crippen MR) is 74.5 cm³/mol. The number of hydrogen-bond acceptors (Lipinski definition) is 4. The van der Waals surface area contributed by atoms with Gasteiger partial charge >= 0.3 is 0 Å². The lowest BCUT2D eigenvalue weighted by molar-refractivity contribution is 0.0739. The van der Waals surface area contributed by atoms with E-state index in [2.05, 4.69) is 24.1 Å². The molecule has 2 rings (SSSR count). The van der Waals surface area contributed by atoms with Gasteiger partial charge in [0.25, 0.3) is 0 Å². The topological polar surface area (TPSA) is 51.2 Å². The quantitative estimate of drug-likeness (QED) is 0.827. The summed E-state index contributed by atoms with van der Waals surface area (Å²) in [5.74, 6) is 1.16. The third kappa shape index (κ3) is 2.63. The van der Waals surface area contributed by atoms with Crippen LogP contribution in [0.2, 0.25) is 0 Å². The Bertz CT molecular complexity index is 451. The minimum Gasteiger partial charge on any atom is -0.492 e. The van der Waals surface area contributed by atoms with Gasteiger partial charge in [0.05, 0.1) is 12.8 Å². The van der Waals surface area contributed by atoms with Crippen molar-refractivity contribution < 1.29 is 9.53 Å². The Labute approximate surface area is 114 Å². The lowest BCUT2D eigenvalue weighted by atomic mass is 9.71. The first kappa shape index (κ1) is 14.0. The van der Waals surface area contributed by atoms with Crippen molar-refractivity contribution in [1.29, 1.82) is 0 Å². The van der Waals surface area contributed by atoms with E-state index in [1.54, 1.807) is 18.5 Å². The third-order valence-electron chi connectivity index (χ3n) is 4.03. The van der Waals surface area contributed by atoms with E-state index in [9.17, 15) is 4.79 Å². The van der Waals surface area contributed by atoms with Crippen LogP contribution in [0.4, 0.5) is 0 Å². The third-order valence-corrected chi connectivity index (χ3v) is 4.03. The molecule has 0 radical (unpaired) electrons.